The van der Waals surface area contributed by atoms with Crippen LogP contribution in [0.15, 0.2) is 40.9 Å². The lowest BCUT2D eigenvalue weighted by Crippen LogP contribution is -2.15. The first-order chi connectivity index (χ1) is 9.88. The van der Waals surface area contributed by atoms with Crippen LogP contribution in [-0.4, -0.2) is 17.0 Å². The molecular weight excluding hydrogens is 358 g/mol. The van der Waals surface area contributed by atoms with Gasteiger partial charge in [0.15, 0.2) is 0 Å². The molecular formula is C15H11BrClNO3. The van der Waals surface area contributed by atoms with Crippen molar-refractivity contribution in [1.29, 1.82) is 0 Å². The predicted molar refractivity (Wildman–Crippen MR) is 85.2 cm³/mol. The number of carbonyl (C=O) groups excluding carboxylic acids is 1. The van der Waals surface area contributed by atoms with Gasteiger partial charge in [0, 0.05) is 9.50 Å². The van der Waals surface area contributed by atoms with Crippen LogP contribution in [0.4, 0.5) is 5.69 Å². The number of carbonyl (C=O) groups is 2. The summed E-state index contributed by atoms with van der Waals surface area (Å²) >= 11 is 9.09. The van der Waals surface area contributed by atoms with Gasteiger partial charge in [-0.1, -0.05) is 23.2 Å². The van der Waals surface area contributed by atoms with Crippen molar-refractivity contribution in [2.24, 2.45) is 0 Å². The maximum absolute atomic E-state index is 12.2. The van der Waals surface area contributed by atoms with Crippen LogP contribution in [-0.2, 0) is 0 Å². The zero-order chi connectivity index (χ0) is 15.6. The number of anilines is 1. The first-order valence-corrected chi connectivity index (χ1v) is 7.16. The van der Waals surface area contributed by atoms with Crippen molar-refractivity contribution in [3.63, 3.8) is 0 Å². The highest BCUT2D eigenvalue weighted by Crippen LogP contribution is 2.24. The van der Waals surface area contributed by atoms with Gasteiger partial charge >= 0.3 is 5.97 Å². The van der Waals surface area contributed by atoms with Gasteiger partial charge in [-0.2, -0.15) is 0 Å². The average Bonchev–Trinajstić information content (AvgIpc) is 2.40. The lowest BCUT2D eigenvalue weighted by molar-refractivity contribution is 0.0698. The Balaban J connectivity index is 2.34. The van der Waals surface area contributed by atoms with E-state index >= 15 is 0 Å². The third-order valence-electron chi connectivity index (χ3n) is 2.83. The van der Waals surface area contributed by atoms with E-state index in [0.717, 1.165) is 5.56 Å². The number of aromatic carboxylic acids is 1. The average molecular weight is 369 g/mol. The number of carboxylic acid groups (broad SMARTS) is 1. The van der Waals surface area contributed by atoms with Gasteiger partial charge in [0.05, 0.1) is 16.8 Å². The molecule has 6 heteroatoms. The van der Waals surface area contributed by atoms with Crippen molar-refractivity contribution in [2.45, 2.75) is 6.92 Å². The molecule has 0 aromatic heterocycles. The number of halogens is 2. The lowest BCUT2D eigenvalue weighted by Gasteiger charge is -2.10. The Morgan fingerprint density at radius 2 is 1.86 bits per heavy atom. The second-order valence-electron chi connectivity index (χ2n) is 4.43. The summed E-state index contributed by atoms with van der Waals surface area (Å²) in [5, 5.41) is 12.3. The second kappa shape index (κ2) is 6.28. The molecule has 21 heavy (non-hydrogen) atoms. The Bertz CT molecular complexity index is 731. The van der Waals surface area contributed by atoms with Gasteiger partial charge in [-0.25, -0.2) is 4.79 Å². The molecule has 0 saturated heterocycles. The number of carboxylic acids is 1. The van der Waals surface area contributed by atoms with E-state index in [-0.39, 0.29) is 11.3 Å². The highest BCUT2D eigenvalue weighted by atomic mass is 79.9. The molecule has 0 aliphatic heterocycles. The van der Waals surface area contributed by atoms with Crippen molar-refractivity contribution < 1.29 is 14.7 Å². The summed E-state index contributed by atoms with van der Waals surface area (Å²) in [6, 6.07) is 9.57. The van der Waals surface area contributed by atoms with Crippen LogP contribution < -0.4 is 5.32 Å². The van der Waals surface area contributed by atoms with E-state index in [4.69, 9.17) is 11.6 Å². The van der Waals surface area contributed by atoms with E-state index in [1.807, 2.05) is 0 Å². The molecule has 0 fully saturated rings. The number of benzene rings is 2. The predicted octanol–water partition coefficient (Wildman–Crippen LogP) is 4.36. The zero-order valence-electron chi connectivity index (χ0n) is 11.0. The molecule has 0 aliphatic rings. The summed E-state index contributed by atoms with van der Waals surface area (Å²) in [4.78, 5) is 23.5. The van der Waals surface area contributed by atoms with Gasteiger partial charge < -0.3 is 10.4 Å². The van der Waals surface area contributed by atoms with E-state index in [1.165, 1.54) is 6.07 Å². The number of hydrogen-bond acceptors (Lipinski definition) is 2. The van der Waals surface area contributed by atoms with Crippen molar-refractivity contribution in [3.8, 4) is 0 Å². The SMILES string of the molecule is Cc1ccc(NC(=O)c2ccc(Cl)cc2Br)c(C(=O)O)c1. The smallest absolute Gasteiger partial charge is 0.337 e. The van der Waals surface area contributed by atoms with Crippen LogP contribution in [0, 0.1) is 6.92 Å². The van der Waals surface area contributed by atoms with Crippen LogP contribution in [0.3, 0.4) is 0 Å². The molecule has 0 atom stereocenters. The molecule has 2 aromatic carbocycles. The van der Waals surface area contributed by atoms with E-state index in [1.54, 1.807) is 37.3 Å². The first kappa shape index (κ1) is 15.5. The number of rotatable bonds is 3. The first-order valence-electron chi connectivity index (χ1n) is 5.99. The molecule has 108 valence electrons. The number of amides is 1. The van der Waals surface area contributed by atoms with Gasteiger partial charge in [0.2, 0.25) is 0 Å². The Morgan fingerprint density at radius 1 is 1.14 bits per heavy atom. The fraction of sp³-hybridized carbons (Fsp3) is 0.0667. The van der Waals surface area contributed by atoms with Crippen molar-refractivity contribution in [1.82, 2.24) is 0 Å². The minimum atomic E-state index is -1.09. The summed E-state index contributed by atoms with van der Waals surface area (Å²) < 4.78 is 0.538. The minimum absolute atomic E-state index is 0.0495. The summed E-state index contributed by atoms with van der Waals surface area (Å²) in [6.07, 6.45) is 0. The summed E-state index contributed by atoms with van der Waals surface area (Å²) in [6.45, 7) is 1.79. The second-order valence-corrected chi connectivity index (χ2v) is 5.72. The molecule has 0 radical (unpaired) electrons. The molecule has 0 unspecified atom stereocenters. The summed E-state index contributed by atoms with van der Waals surface area (Å²) in [5.74, 6) is -1.51. The number of aryl methyl sites for hydroxylation is 1. The normalized spacial score (nSPS) is 10.2. The van der Waals surface area contributed by atoms with Crippen molar-refractivity contribution >= 4 is 45.1 Å². The molecule has 4 nitrogen and oxygen atoms in total. The largest absolute Gasteiger partial charge is 0.478 e. The lowest BCUT2D eigenvalue weighted by atomic mass is 10.1. The highest BCUT2D eigenvalue weighted by molar-refractivity contribution is 9.10. The monoisotopic (exact) mass is 367 g/mol. The third kappa shape index (κ3) is 3.62. The molecule has 0 aliphatic carbocycles. The van der Waals surface area contributed by atoms with Gasteiger partial charge in [0.25, 0.3) is 5.91 Å². The van der Waals surface area contributed by atoms with E-state index < -0.39 is 11.9 Å². The molecule has 0 heterocycles. The fourth-order valence-electron chi connectivity index (χ4n) is 1.81. The topological polar surface area (TPSA) is 66.4 Å². The molecule has 2 aromatic rings. The molecule has 2 N–H and O–H groups in total. The third-order valence-corrected chi connectivity index (χ3v) is 3.72. The Labute approximate surface area is 134 Å². The highest BCUT2D eigenvalue weighted by Gasteiger charge is 2.15. The quantitative estimate of drug-likeness (QED) is 0.846. The van der Waals surface area contributed by atoms with Crippen molar-refractivity contribution in [3.05, 3.63) is 62.6 Å². The minimum Gasteiger partial charge on any atom is -0.478 e. The zero-order valence-corrected chi connectivity index (χ0v) is 13.3. The van der Waals surface area contributed by atoms with Gasteiger partial charge in [-0.15, -0.1) is 0 Å². The maximum Gasteiger partial charge on any atom is 0.337 e. The van der Waals surface area contributed by atoms with Crippen molar-refractivity contribution in [2.75, 3.05) is 5.32 Å². The van der Waals surface area contributed by atoms with E-state index in [0.29, 0.717) is 15.1 Å². The molecule has 0 bridgehead atoms. The van der Waals surface area contributed by atoms with Crippen LogP contribution in [0.1, 0.15) is 26.3 Å². The number of nitrogens with one attached hydrogen (secondary N) is 1. The summed E-state index contributed by atoms with van der Waals surface area (Å²) in [7, 11) is 0. The van der Waals surface area contributed by atoms with Crippen LogP contribution in [0.2, 0.25) is 5.02 Å². The number of hydrogen-bond donors (Lipinski definition) is 2. The standard InChI is InChI=1S/C15H11BrClNO3/c1-8-2-5-13(11(6-8)15(20)21)18-14(19)10-4-3-9(17)7-12(10)16/h2-7H,1H3,(H,18,19)(H,20,21). The molecule has 0 spiro atoms. The summed E-state index contributed by atoms with van der Waals surface area (Å²) in [5.41, 5.74) is 1.47. The molecule has 0 saturated carbocycles. The Hall–Kier alpha value is -1.85. The maximum atomic E-state index is 12.2. The van der Waals surface area contributed by atoms with Crippen LogP contribution in [0.5, 0.6) is 0 Å². The Morgan fingerprint density at radius 3 is 2.48 bits per heavy atom. The van der Waals surface area contributed by atoms with E-state index in [9.17, 15) is 14.7 Å². The van der Waals surface area contributed by atoms with Crippen LogP contribution >= 0.6 is 27.5 Å². The van der Waals surface area contributed by atoms with Crippen LogP contribution in [0.25, 0.3) is 0 Å². The Kier molecular flexibility index (Phi) is 4.65. The van der Waals surface area contributed by atoms with E-state index in [2.05, 4.69) is 21.2 Å². The van der Waals surface area contributed by atoms with Gasteiger partial charge in [-0.05, 0) is 53.2 Å². The van der Waals surface area contributed by atoms with Gasteiger partial charge in [0.1, 0.15) is 0 Å². The molecule has 1 amide bonds. The van der Waals surface area contributed by atoms with Gasteiger partial charge in [-0.3, -0.25) is 4.79 Å². The fourth-order valence-corrected chi connectivity index (χ4v) is 2.67. The molecule has 2 rings (SSSR count).